The van der Waals surface area contributed by atoms with Crippen molar-refractivity contribution in [1.82, 2.24) is 25.7 Å². The molecule has 1 fully saturated rings. The second-order valence-corrected chi connectivity index (χ2v) is 9.19. The van der Waals surface area contributed by atoms with Crippen LogP contribution in [0.25, 0.3) is 0 Å². The Labute approximate surface area is 177 Å². The highest BCUT2D eigenvalue weighted by Gasteiger charge is 2.21. The van der Waals surface area contributed by atoms with Crippen molar-refractivity contribution in [2.24, 2.45) is 0 Å². The molecule has 2 heterocycles. The first-order valence-corrected chi connectivity index (χ1v) is 11.6. The molecule has 4 rings (SSSR count). The molecule has 0 unspecified atom stereocenters. The van der Waals surface area contributed by atoms with E-state index in [4.69, 9.17) is 4.42 Å². The summed E-state index contributed by atoms with van der Waals surface area (Å²) in [6.45, 7) is 2.50. The number of rotatable bonds is 7. The largest absolute Gasteiger partial charge is 0.416 e. The van der Waals surface area contributed by atoms with Crippen molar-refractivity contribution in [1.29, 1.82) is 0 Å². The third-order valence-electron chi connectivity index (χ3n) is 4.93. The van der Waals surface area contributed by atoms with E-state index in [9.17, 15) is 4.79 Å². The molecule has 0 atom stereocenters. The van der Waals surface area contributed by atoms with Crippen LogP contribution in [-0.4, -0.2) is 26.3 Å². The van der Waals surface area contributed by atoms with E-state index < -0.39 is 0 Å². The van der Waals surface area contributed by atoms with E-state index in [2.05, 4.69) is 25.7 Å². The van der Waals surface area contributed by atoms with Crippen LogP contribution < -0.4 is 5.32 Å². The molecule has 29 heavy (non-hydrogen) atoms. The summed E-state index contributed by atoms with van der Waals surface area (Å²) in [4.78, 5) is 12.3. The van der Waals surface area contributed by atoms with Gasteiger partial charge in [-0.25, -0.2) is 0 Å². The first kappa shape index (κ1) is 20.0. The lowest BCUT2D eigenvalue weighted by molar-refractivity contribution is 0.0950. The van der Waals surface area contributed by atoms with Gasteiger partial charge in [0.1, 0.15) is 5.01 Å². The number of nitrogens with one attached hydrogen (secondary N) is 1. The topological polar surface area (TPSA) is 93.8 Å². The van der Waals surface area contributed by atoms with Gasteiger partial charge in [0.05, 0.1) is 5.75 Å². The molecule has 152 valence electrons. The normalized spacial score (nSPS) is 14.8. The molecule has 3 aromatic rings. The molecule has 1 amide bonds. The standard InChI is InChI=1S/C20H23N5O2S2/c1-13-7-9-14(10-8-13)11-21-17(26)19-24-22-16(29-19)12-28-20-25-23-18(27-20)15-5-3-2-4-6-15/h7-10,15H,2-6,11-12H2,1H3,(H,21,26). The van der Waals surface area contributed by atoms with Gasteiger partial charge in [-0.15, -0.1) is 20.4 Å². The summed E-state index contributed by atoms with van der Waals surface area (Å²) < 4.78 is 5.81. The van der Waals surface area contributed by atoms with Crippen LogP contribution in [0.15, 0.2) is 33.9 Å². The molecule has 0 aliphatic heterocycles. The molecule has 0 spiro atoms. The second kappa shape index (κ2) is 9.49. The number of aryl methyl sites for hydroxylation is 1. The molecular weight excluding hydrogens is 406 g/mol. The van der Waals surface area contributed by atoms with Crippen LogP contribution in [0, 0.1) is 6.92 Å². The number of carbonyl (C=O) groups is 1. The molecule has 1 aliphatic rings. The van der Waals surface area contributed by atoms with E-state index in [-0.39, 0.29) is 5.91 Å². The molecule has 0 saturated heterocycles. The lowest BCUT2D eigenvalue weighted by Gasteiger charge is -2.17. The maximum absolute atomic E-state index is 12.3. The molecule has 7 nitrogen and oxygen atoms in total. The molecule has 1 aromatic carbocycles. The van der Waals surface area contributed by atoms with Crippen molar-refractivity contribution < 1.29 is 9.21 Å². The minimum absolute atomic E-state index is 0.211. The summed E-state index contributed by atoms with van der Waals surface area (Å²) in [5.41, 5.74) is 2.24. The zero-order valence-electron chi connectivity index (χ0n) is 16.3. The quantitative estimate of drug-likeness (QED) is 0.553. The summed E-state index contributed by atoms with van der Waals surface area (Å²) in [7, 11) is 0. The number of aromatic nitrogens is 4. The molecule has 0 bridgehead atoms. The number of thioether (sulfide) groups is 1. The zero-order chi connectivity index (χ0) is 20.1. The maximum Gasteiger partial charge on any atom is 0.282 e. The monoisotopic (exact) mass is 429 g/mol. The average molecular weight is 430 g/mol. The second-order valence-electron chi connectivity index (χ2n) is 7.20. The van der Waals surface area contributed by atoms with E-state index in [0.29, 0.717) is 28.4 Å². The van der Waals surface area contributed by atoms with Crippen LogP contribution in [0.2, 0.25) is 0 Å². The van der Waals surface area contributed by atoms with Crippen LogP contribution >= 0.6 is 23.1 Å². The first-order valence-electron chi connectivity index (χ1n) is 9.80. The van der Waals surface area contributed by atoms with E-state index in [0.717, 1.165) is 29.3 Å². The summed E-state index contributed by atoms with van der Waals surface area (Å²) in [5, 5.41) is 21.0. The van der Waals surface area contributed by atoms with Crippen molar-refractivity contribution in [3.8, 4) is 0 Å². The summed E-state index contributed by atoms with van der Waals surface area (Å²) >= 11 is 2.72. The highest BCUT2D eigenvalue weighted by molar-refractivity contribution is 7.98. The zero-order valence-corrected chi connectivity index (χ0v) is 17.9. The predicted molar refractivity (Wildman–Crippen MR) is 112 cm³/mol. The van der Waals surface area contributed by atoms with Gasteiger partial charge in [-0.2, -0.15) is 0 Å². The van der Waals surface area contributed by atoms with Crippen LogP contribution in [-0.2, 0) is 12.3 Å². The van der Waals surface area contributed by atoms with E-state index in [1.165, 1.54) is 47.9 Å². The summed E-state index contributed by atoms with van der Waals surface area (Å²) in [6, 6.07) is 8.06. The molecule has 9 heteroatoms. The van der Waals surface area contributed by atoms with Crippen molar-refractivity contribution in [2.45, 2.75) is 62.5 Å². The smallest absolute Gasteiger partial charge is 0.282 e. The van der Waals surface area contributed by atoms with Gasteiger partial charge in [0.15, 0.2) is 0 Å². The van der Waals surface area contributed by atoms with Gasteiger partial charge in [0.2, 0.25) is 10.9 Å². The molecular formula is C20H23N5O2S2. The van der Waals surface area contributed by atoms with Crippen molar-refractivity contribution in [3.05, 3.63) is 51.3 Å². The molecule has 1 aliphatic carbocycles. The highest BCUT2D eigenvalue weighted by atomic mass is 32.2. The third kappa shape index (κ3) is 5.42. The molecule has 1 saturated carbocycles. The SMILES string of the molecule is Cc1ccc(CNC(=O)c2nnc(CSc3nnc(C4CCCCC4)o3)s2)cc1. The fraction of sp³-hybridized carbons (Fsp3) is 0.450. The third-order valence-corrected chi connectivity index (χ3v) is 6.86. The van der Waals surface area contributed by atoms with Gasteiger partial charge >= 0.3 is 0 Å². The summed E-state index contributed by atoms with van der Waals surface area (Å²) in [5.74, 6) is 1.49. The fourth-order valence-corrected chi connectivity index (χ4v) is 4.80. The minimum Gasteiger partial charge on any atom is -0.416 e. The van der Waals surface area contributed by atoms with Crippen LogP contribution in [0.1, 0.15) is 69.8 Å². The number of amides is 1. The number of hydrogen-bond donors (Lipinski definition) is 1. The molecule has 2 aromatic heterocycles. The van der Waals surface area contributed by atoms with Crippen LogP contribution in [0.3, 0.4) is 0 Å². The number of carbonyl (C=O) groups excluding carboxylic acids is 1. The first-order chi connectivity index (χ1) is 14.2. The van der Waals surface area contributed by atoms with Crippen molar-refractivity contribution >= 4 is 29.0 Å². The van der Waals surface area contributed by atoms with Gasteiger partial charge in [-0.1, -0.05) is 72.2 Å². The van der Waals surface area contributed by atoms with Crippen LogP contribution in [0.4, 0.5) is 0 Å². The Bertz CT molecular complexity index is 948. The van der Waals surface area contributed by atoms with E-state index in [1.807, 2.05) is 31.2 Å². The van der Waals surface area contributed by atoms with Crippen LogP contribution in [0.5, 0.6) is 0 Å². The van der Waals surface area contributed by atoms with E-state index in [1.54, 1.807) is 0 Å². The Morgan fingerprint density at radius 3 is 2.72 bits per heavy atom. The lowest BCUT2D eigenvalue weighted by atomic mass is 9.89. The Balaban J connectivity index is 1.27. The van der Waals surface area contributed by atoms with Crippen molar-refractivity contribution in [3.63, 3.8) is 0 Å². The number of benzene rings is 1. The van der Waals surface area contributed by atoms with Gasteiger partial charge in [0, 0.05) is 12.5 Å². The number of hydrogen-bond acceptors (Lipinski definition) is 8. The lowest BCUT2D eigenvalue weighted by Crippen LogP contribution is -2.22. The molecule has 1 N–H and O–H groups in total. The summed E-state index contributed by atoms with van der Waals surface area (Å²) in [6.07, 6.45) is 6.02. The average Bonchev–Trinajstić information content (AvgIpc) is 3.42. The minimum atomic E-state index is -0.211. The Morgan fingerprint density at radius 2 is 1.93 bits per heavy atom. The van der Waals surface area contributed by atoms with Gasteiger partial charge in [-0.05, 0) is 25.3 Å². The Hall–Kier alpha value is -2.26. The number of nitrogens with zero attached hydrogens (tertiary/aromatic N) is 4. The fourth-order valence-electron chi connectivity index (χ4n) is 3.28. The van der Waals surface area contributed by atoms with Gasteiger partial charge in [-0.3, -0.25) is 4.79 Å². The van der Waals surface area contributed by atoms with Gasteiger partial charge < -0.3 is 9.73 Å². The Kier molecular flexibility index (Phi) is 6.56. The van der Waals surface area contributed by atoms with E-state index >= 15 is 0 Å². The van der Waals surface area contributed by atoms with Crippen molar-refractivity contribution in [2.75, 3.05) is 0 Å². The predicted octanol–water partition coefficient (Wildman–Crippen LogP) is 4.50. The Morgan fingerprint density at radius 1 is 1.14 bits per heavy atom. The maximum atomic E-state index is 12.3. The highest BCUT2D eigenvalue weighted by Crippen LogP contribution is 2.33. The molecule has 0 radical (unpaired) electrons. The van der Waals surface area contributed by atoms with Gasteiger partial charge in [0.25, 0.3) is 11.1 Å².